The highest BCUT2D eigenvalue weighted by Gasteiger charge is 2.27. The maximum absolute atomic E-state index is 13.4. The minimum Gasteiger partial charge on any atom is -0.322 e. The predicted octanol–water partition coefficient (Wildman–Crippen LogP) is 2.87. The fourth-order valence-corrected chi connectivity index (χ4v) is 1.34. The Morgan fingerprint density at radius 3 is 2.44 bits per heavy atom. The number of anilines is 1. The zero-order chi connectivity index (χ0) is 13.2. The van der Waals surface area contributed by atoms with Gasteiger partial charge >= 0.3 is 0 Å². The molecule has 5 heteroatoms. The van der Waals surface area contributed by atoms with E-state index in [4.69, 9.17) is 5.73 Å². The second-order valence-electron chi connectivity index (χ2n) is 5.32. The first-order valence-corrected chi connectivity index (χ1v) is 5.54. The number of hydrogen-bond acceptors (Lipinski definition) is 2. The second kappa shape index (κ2) is 6.16. The van der Waals surface area contributed by atoms with Crippen LogP contribution in [0.5, 0.6) is 0 Å². The van der Waals surface area contributed by atoms with Crippen LogP contribution in [0.1, 0.15) is 26.3 Å². The summed E-state index contributed by atoms with van der Waals surface area (Å²) in [6.45, 7) is 7.43. The van der Waals surface area contributed by atoms with Crippen LogP contribution in [-0.2, 0) is 4.79 Å². The molecule has 1 aromatic rings. The Morgan fingerprint density at radius 2 is 1.94 bits per heavy atom. The highest BCUT2D eigenvalue weighted by Crippen LogP contribution is 2.20. The summed E-state index contributed by atoms with van der Waals surface area (Å²) in [4.78, 5) is 11.8. The number of nitrogens with one attached hydrogen (secondary N) is 1. The Balaban J connectivity index is 0.00000289. The zero-order valence-corrected chi connectivity index (χ0v) is 11.9. The number of carbonyl (C=O) groups is 1. The number of halogens is 2. The molecule has 102 valence electrons. The lowest BCUT2D eigenvalue weighted by atomic mass is 9.87. The summed E-state index contributed by atoms with van der Waals surface area (Å²) >= 11 is 0. The Kier molecular flexibility index (Phi) is 5.77. The van der Waals surface area contributed by atoms with Crippen molar-refractivity contribution in [3.63, 3.8) is 0 Å². The molecule has 0 saturated carbocycles. The monoisotopic (exact) mass is 274 g/mol. The van der Waals surface area contributed by atoms with Crippen molar-refractivity contribution in [2.24, 2.45) is 11.1 Å². The molecule has 0 bridgehead atoms. The van der Waals surface area contributed by atoms with Crippen LogP contribution in [0.15, 0.2) is 18.2 Å². The number of aryl methyl sites for hydroxylation is 1. The molecule has 0 heterocycles. The molecule has 0 fully saturated rings. The highest BCUT2D eigenvalue weighted by molar-refractivity contribution is 5.95. The van der Waals surface area contributed by atoms with Crippen molar-refractivity contribution in [2.45, 2.75) is 33.7 Å². The topological polar surface area (TPSA) is 55.1 Å². The third-order valence-electron chi connectivity index (χ3n) is 2.60. The summed E-state index contributed by atoms with van der Waals surface area (Å²) in [6, 6.07) is 3.88. The Morgan fingerprint density at radius 1 is 1.39 bits per heavy atom. The van der Waals surface area contributed by atoms with Gasteiger partial charge in [-0.1, -0.05) is 26.8 Å². The summed E-state index contributed by atoms with van der Waals surface area (Å²) in [5.74, 6) is -0.827. The van der Waals surface area contributed by atoms with Gasteiger partial charge in [0.15, 0.2) is 0 Å². The molecule has 0 aliphatic carbocycles. The van der Waals surface area contributed by atoms with Gasteiger partial charge in [-0.05, 0) is 30.0 Å². The highest BCUT2D eigenvalue weighted by atomic mass is 35.5. The van der Waals surface area contributed by atoms with Gasteiger partial charge in [-0.25, -0.2) is 4.39 Å². The lowest BCUT2D eigenvalue weighted by Gasteiger charge is -2.25. The van der Waals surface area contributed by atoms with Crippen molar-refractivity contribution in [3.8, 4) is 0 Å². The van der Waals surface area contributed by atoms with Gasteiger partial charge in [0.25, 0.3) is 0 Å². The van der Waals surface area contributed by atoms with E-state index < -0.39 is 11.9 Å². The average molecular weight is 275 g/mol. The van der Waals surface area contributed by atoms with E-state index in [1.807, 2.05) is 27.7 Å². The van der Waals surface area contributed by atoms with Crippen LogP contribution < -0.4 is 11.1 Å². The first-order chi connectivity index (χ1) is 7.71. The maximum Gasteiger partial charge on any atom is 0.241 e. The summed E-state index contributed by atoms with van der Waals surface area (Å²) < 4.78 is 13.4. The molecule has 1 aromatic carbocycles. The minimum absolute atomic E-state index is 0. The summed E-state index contributed by atoms with van der Waals surface area (Å²) in [7, 11) is 0. The van der Waals surface area contributed by atoms with Crippen molar-refractivity contribution < 1.29 is 9.18 Å². The summed E-state index contributed by atoms with van der Waals surface area (Å²) in [5, 5.41) is 2.52. The predicted molar refractivity (Wildman–Crippen MR) is 74.4 cm³/mol. The molecule has 0 aromatic heterocycles. The zero-order valence-electron chi connectivity index (χ0n) is 11.1. The largest absolute Gasteiger partial charge is 0.322 e. The summed E-state index contributed by atoms with van der Waals surface area (Å²) in [5.41, 5.74) is 6.50. The maximum atomic E-state index is 13.4. The standard InChI is InChI=1S/C13H19FN2O.ClH/c1-8-5-6-9(14)10(7-8)16-12(17)11(15)13(2,3)4;/h5-7,11H,15H2,1-4H3,(H,16,17);1H/t11-;/m1./s1. The van der Waals surface area contributed by atoms with Crippen molar-refractivity contribution in [1.29, 1.82) is 0 Å². The van der Waals surface area contributed by atoms with Gasteiger partial charge < -0.3 is 11.1 Å². The number of benzene rings is 1. The van der Waals surface area contributed by atoms with E-state index in [9.17, 15) is 9.18 Å². The fourth-order valence-electron chi connectivity index (χ4n) is 1.34. The van der Waals surface area contributed by atoms with Crippen molar-refractivity contribution in [3.05, 3.63) is 29.6 Å². The molecule has 18 heavy (non-hydrogen) atoms. The molecule has 0 unspecified atom stereocenters. The minimum atomic E-state index is -0.678. The second-order valence-corrected chi connectivity index (χ2v) is 5.32. The first kappa shape index (κ1) is 16.9. The van der Waals surface area contributed by atoms with Gasteiger partial charge in [0.2, 0.25) is 5.91 Å². The van der Waals surface area contributed by atoms with Gasteiger partial charge in [-0.15, -0.1) is 12.4 Å². The number of nitrogens with two attached hydrogens (primary N) is 1. The van der Waals surface area contributed by atoms with Crippen LogP contribution in [0, 0.1) is 18.2 Å². The number of carbonyl (C=O) groups excluding carboxylic acids is 1. The number of rotatable bonds is 2. The fraction of sp³-hybridized carbons (Fsp3) is 0.462. The van der Waals surface area contributed by atoms with Gasteiger partial charge in [0, 0.05) is 0 Å². The molecule has 0 spiro atoms. The van der Waals surface area contributed by atoms with Crippen LogP contribution in [0.3, 0.4) is 0 Å². The average Bonchev–Trinajstić information content (AvgIpc) is 2.21. The van der Waals surface area contributed by atoms with Crippen LogP contribution in [-0.4, -0.2) is 11.9 Å². The van der Waals surface area contributed by atoms with E-state index >= 15 is 0 Å². The van der Waals surface area contributed by atoms with Crippen molar-refractivity contribution in [2.75, 3.05) is 5.32 Å². The molecule has 3 N–H and O–H groups in total. The molecule has 0 radical (unpaired) electrons. The molecule has 1 atom stereocenters. The smallest absolute Gasteiger partial charge is 0.241 e. The third kappa shape index (κ3) is 4.27. The Hall–Kier alpha value is -1.13. The van der Waals surface area contributed by atoms with E-state index in [2.05, 4.69) is 5.32 Å². The van der Waals surface area contributed by atoms with E-state index in [0.29, 0.717) is 0 Å². The van der Waals surface area contributed by atoms with Gasteiger partial charge in [-0.3, -0.25) is 4.79 Å². The quantitative estimate of drug-likeness (QED) is 0.871. The van der Waals surface area contributed by atoms with Crippen molar-refractivity contribution >= 4 is 24.0 Å². The number of hydrogen-bond donors (Lipinski definition) is 2. The Labute approximate surface area is 113 Å². The lowest BCUT2D eigenvalue weighted by Crippen LogP contribution is -2.45. The molecule has 1 amide bonds. The lowest BCUT2D eigenvalue weighted by molar-refractivity contribution is -0.119. The van der Waals surface area contributed by atoms with Gasteiger partial charge in [0.1, 0.15) is 5.82 Å². The third-order valence-corrected chi connectivity index (χ3v) is 2.60. The number of amides is 1. The van der Waals surface area contributed by atoms with E-state index in [-0.39, 0.29) is 29.4 Å². The molecule has 3 nitrogen and oxygen atoms in total. The van der Waals surface area contributed by atoms with Crippen molar-refractivity contribution in [1.82, 2.24) is 0 Å². The normalized spacial score (nSPS) is 12.6. The Bertz CT molecular complexity index is 429. The molecule has 0 aliphatic rings. The molecular formula is C13H20ClFN2O. The molecule has 0 aliphatic heterocycles. The van der Waals surface area contributed by atoms with Gasteiger partial charge in [0.05, 0.1) is 11.7 Å². The van der Waals surface area contributed by atoms with E-state index in [1.165, 1.54) is 6.07 Å². The van der Waals surface area contributed by atoms with Crippen LogP contribution in [0.4, 0.5) is 10.1 Å². The summed E-state index contributed by atoms with van der Waals surface area (Å²) in [6.07, 6.45) is 0. The van der Waals surface area contributed by atoms with Crippen LogP contribution in [0.2, 0.25) is 0 Å². The SMILES string of the molecule is Cc1ccc(F)c(NC(=O)[C@@H](N)C(C)(C)C)c1.Cl. The van der Waals surface area contributed by atoms with Crippen LogP contribution in [0.25, 0.3) is 0 Å². The van der Waals surface area contributed by atoms with Crippen LogP contribution >= 0.6 is 12.4 Å². The van der Waals surface area contributed by atoms with E-state index in [0.717, 1.165) is 5.56 Å². The molecule has 1 rings (SSSR count). The molecular weight excluding hydrogens is 255 g/mol. The van der Waals surface area contributed by atoms with E-state index in [1.54, 1.807) is 12.1 Å². The first-order valence-electron chi connectivity index (χ1n) is 5.54. The van der Waals surface area contributed by atoms with Gasteiger partial charge in [-0.2, -0.15) is 0 Å². The molecule has 0 saturated heterocycles.